The molecule has 3 aromatic rings. The van der Waals surface area contributed by atoms with Gasteiger partial charge in [-0.3, -0.25) is 9.59 Å². The number of benzene rings is 2. The maximum Gasteiger partial charge on any atom is 0.295 e. The zero-order chi connectivity index (χ0) is 22.1. The Balaban J connectivity index is 1.86. The Labute approximate surface area is 190 Å². The van der Waals surface area contributed by atoms with E-state index in [1.807, 2.05) is 17.5 Å². The van der Waals surface area contributed by atoms with Crippen molar-refractivity contribution in [2.45, 2.75) is 12.6 Å². The van der Waals surface area contributed by atoms with E-state index in [9.17, 15) is 19.1 Å². The molecule has 1 unspecified atom stereocenters. The number of thiophene rings is 1. The fraction of sp³-hybridized carbons (Fsp3) is 0.130. The van der Waals surface area contributed by atoms with E-state index in [1.165, 1.54) is 47.6 Å². The lowest BCUT2D eigenvalue weighted by molar-refractivity contribution is -0.140. The molecule has 5 nitrogen and oxygen atoms in total. The number of rotatable bonds is 5. The van der Waals surface area contributed by atoms with Crippen molar-refractivity contribution in [1.29, 1.82) is 0 Å². The van der Waals surface area contributed by atoms with Crippen LogP contribution in [0.5, 0.6) is 5.75 Å². The Morgan fingerprint density at radius 3 is 2.55 bits per heavy atom. The first-order chi connectivity index (χ1) is 14.9. The van der Waals surface area contributed by atoms with Crippen molar-refractivity contribution in [2.75, 3.05) is 7.11 Å². The van der Waals surface area contributed by atoms with E-state index in [0.29, 0.717) is 21.3 Å². The Morgan fingerprint density at radius 1 is 1.19 bits per heavy atom. The fourth-order valence-corrected chi connectivity index (χ4v) is 4.82. The summed E-state index contributed by atoms with van der Waals surface area (Å²) in [6.45, 7) is 0.202. The standard InChI is InChI=1S/C23H17BrFNO4S/c1-30-18-9-6-14(11-17(18)24)21(27)19-20(13-4-7-15(25)8-5-13)26(23(29)22(19)28)12-16-3-2-10-31-16/h2-11,20,27H,12H2,1H3/b21-19-. The smallest absolute Gasteiger partial charge is 0.295 e. The van der Waals surface area contributed by atoms with Crippen LogP contribution < -0.4 is 4.74 Å². The molecule has 1 atom stereocenters. The van der Waals surface area contributed by atoms with Gasteiger partial charge in [0.1, 0.15) is 17.3 Å². The number of Topliss-reactive ketones (excluding diaryl/α,β-unsaturated/α-hetero) is 1. The molecule has 1 amide bonds. The molecule has 2 heterocycles. The number of likely N-dealkylation sites (tertiary alicyclic amines) is 1. The van der Waals surface area contributed by atoms with Gasteiger partial charge >= 0.3 is 0 Å². The molecule has 0 radical (unpaired) electrons. The minimum absolute atomic E-state index is 0.0368. The topological polar surface area (TPSA) is 66.8 Å². The number of halogens is 2. The van der Waals surface area contributed by atoms with Crippen LogP contribution >= 0.6 is 27.3 Å². The minimum atomic E-state index is -0.844. The minimum Gasteiger partial charge on any atom is -0.507 e. The molecular formula is C23H17BrFNO4S. The normalized spacial score (nSPS) is 17.9. The van der Waals surface area contributed by atoms with Gasteiger partial charge in [0.25, 0.3) is 11.7 Å². The summed E-state index contributed by atoms with van der Waals surface area (Å²) in [6, 6.07) is 13.3. The summed E-state index contributed by atoms with van der Waals surface area (Å²) >= 11 is 4.83. The molecular weight excluding hydrogens is 485 g/mol. The Kier molecular flexibility index (Phi) is 5.93. The van der Waals surface area contributed by atoms with Crippen LogP contribution in [0.2, 0.25) is 0 Å². The van der Waals surface area contributed by atoms with Crippen LogP contribution in [0, 0.1) is 5.82 Å². The lowest BCUT2D eigenvalue weighted by Crippen LogP contribution is -2.28. The van der Waals surface area contributed by atoms with E-state index >= 15 is 0 Å². The number of aliphatic hydroxyl groups is 1. The molecule has 1 aromatic heterocycles. The van der Waals surface area contributed by atoms with E-state index < -0.39 is 23.5 Å². The largest absolute Gasteiger partial charge is 0.507 e. The molecule has 1 fully saturated rings. The molecule has 1 aliphatic rings. The second-order valence-electron chi connectivity index (χ2n) is 6.91. The summed E-state index contributed by atoms with van der Waals surface area (Å²) in [4.78, 5) is 28.2. The highest BCUT2D eigenvalue weighted by molar-refractivity contribution is 9.10. The molecule has 158 valence electrons. The molecule has 8 heteroatoms. The van der Waals surface area contributed by atoms with E-state index in [4.69, 9.17) is 4.74 Å². The van der Waals surface area contributed by atoms with Gasteiger partial charge in [-0.1, -0.05) is 18.2 Å². The number of hydrogen-bond acceptors (Lipinski definition) is 5. The molecule has 31 heavy (non-hydrogen) atoms. The third-order valence-corrected chi connectivity index (χ3v) is 6.54. The van der Waals surface area contributed by atoms with Crippen molar-refractivity contribution in [3.8, 4) is 5.75 Å². The van der Waals surface area contributed by atoms with E-state index in [0.717, 1.165) is 4.88 Å². The number of carbonyl (C=O) groups is 2. The first-order valence-corrected chi connectivity index (χ1v) is 11.0. The number of ketones is 1. The van der Waals surface area contributed by atoms with Crippen LogP contribution in [0.25, 0.3) is 5.76 Å². The first-order valence-electron chi connectivity index (χ1n) is 9.31. The number of hydrogen-bond donors (Lipinski definition) is 1. The van der Waals surface area contributed by atoms with Crippen LogP contribution in [0.15, 0.2) is 70.0 Å². The van der Waals surface area contributed by atoms with Crippen LogP contribution in [0.3, 0.4) is 0 Å². The zero-order valence-electron chi connectivity index (χ0n) is 16.3. The van der Waals surface area contributed by atoms with E-state index in [1.54, 1.807) is 18.2 Å². The third-order valence-electron chi connectivity index (χ3n) is 5.06. The Hall–Kier alpha value is -2.97. The van der Waals surface area contributed by atoms with Crippen molar-refractivity contribution >= 4 is 44.7 Å². The summed E-state index contributed by atoms with van der Waals surface area (Å²) in [7, 11) is 1.52. The van der Waals surface area contributed by atoms with Crippen LogP contribution in [-0.4, -0.2) is 28.8 Å². The van der Waals surface area contributed by atoms with Crippen LogP contribution in [0.1, 0.15) is 22.0 Å². The quantitative estimate of drug-likeness (QED) is 0.293. The summed E-state index contributed by atoms with van der Waals surface area (Å²) in [6.07, 6.45) is 0. The van der Waals surface area contributed by atoms with Gasteiger partial charge in [0.15, 0.2) is 0 Å². The molecule has 0 saturated carbocycles. The second-order valence-corrected chi connectivity index (χ2v) is 8.79. The lowest BCUT2D eigenvalue weighted by atomic mass is 9.95. The van der Waals surface area contributed by atoms with Crippen molar-refractivity contribution in [2.24, 2.45) is 0 Å². The number of nitrogens with zero attached hydrogens (tertiary/aromatic N) is 1. The molecule has 1 N–H and O–H groups in total. The number of carbonyl (C=O) groups excluding carboxylic acids is 2. The molecule has 2 aromatic carbocycles. The van der Waals surface area contributed by atoms with Crippen molar-refractivity contribution in [1.82, 2.24) is 4.90 Å². The predicted octanol–water partition coefficient (Wildman–Crippen LogP) is 5.28. The summed E-state index contributed by atoms with van der Waals surface area (Å²) in [5, 5.41) is 13.0. The van der Waals surface area contributed by atoms with Crippen molar-refractivity contribution < 1.29 is 23.8 Å². The van der Waals surface area contributed by atoms with Gasteiger partial charge in [0.2, 0.25) is 0 Å². The molecule has 0 spiro atoms. The highest BCUT2D eigenvalue weighted by Crippen LogP contribution is 2.41. The molecule has 4 rings (SSSR count). The molecule has 0 aliphatic carbocycles. The van der Waals surface area contributed by atoms with Gasteiger partial charge in [-0.25, -0.2) is 4.39 Å². The zero-order valence-corrected chi connectivity index (χ0v) is 18.7. The number of ether oxygens (including phenoxy) is 1. The number of aliphatic hydroxyl groups excluding tert-OH is 1. The fourth-order valence-electron chi connectivity index (χ4n) is 3.57. The van der Waals surface area contributed by atoms with Gasteiger partial charge in [0.05, 0.1) is 29.7 Å². The van der Waals surface area contributed by atoms with Crippen LogP contribution in [-0.2, 0) is 16.1 Å². The number of amides is 1. The predicted molar refractivity (Wildman–Crippen MR) is 119 cm³/mol. The van der Waals surface area contributed by atoms with Gasteiger partial charge in [0, 0.05) is 10.4 Å². The SMILES string of the molecule is COc1ccc(/C(O)=C2/C(=O)C(=O)N(Cc3cccs3)C2c2ccc(F)cc2)cc1Br. The average molecular weight is 502 g/mol. The first kappa shape index (κ1) is 21.3. The maximum atomic E-state index is 13.5. The molecule has 1 aliphatic heterocycles. The molecule has 0 bridgehead atoms. The summed E-state index contributed by atoms with van der Waals surface area (Å²) in [5.41, 5.74) is 0.852. The van der Waals surface area contributed by atoms with Crippen molar-refractivity contribution in [3.05, 3.63) is 91.8 Å². The van der Waals surface area contributed by atoms with Gasteiger partial charge < -0.3 is 14.7 Å². The van der Waals surface area contributed by atoms with Gasteiger partial charge in [-0.2, -0.15) is 0 Å². The van der Waals surface area contributed by atoms with E-state index in [-0.39, 0.29) is 17.9 Å². The lowest BCUT2D eigenvalue weighted by Gasteiger charge is -2.25. The average Bonchev–Trinajstić information content (AvgIpc) is 3.36. The van der Waals surface area contributed by atoms with E-state index in [2.05, 4.69) is 15.9 Å². The third kappa shape index (κ3) is 4.00. The van der Waals surface area contributed by atoms with Crippen molar-refractivity contribution in [3.63, 3.8) is 0 Å². The molecule has 1 saturated heterocycles. The van der Waals surface area contributed by atoms with Gasteiger partial charge in [-0.15, -0.1) is 11.3 Å². The monoisotopic (exact) mass is 501 g/mol. The summed E-state index contributed by atoms with van der Waals surface area (Å²) in [5.74, 6) is -1.67. The number of methoxy groups -OCH3 is 1. The Morgan fingerprint density at radius 2 is 1.94 bits per heavy atom. The Bertz CT molecular complexity index is 1170. The second kappa shape index (κ2) is 8.64. The summed E-state index contributed by atoms with van der Waals surface area (Å²) < 4.78 is 19.3. The highest BCUT2D eigenvalue weighted by Gasteiger charge is 2.46. The van der Waals surface area contributed by atoms with Gasteiger partial charge in [-0.05, 0) is 63.3 Å². The highest BCUT2D eigenvalue weighted by atomic mass is 79.9. The van der Waals surface area contributed by atoms with Crippen LogP contribution in [0.4, 0.5) is 4.39 Å². The maximum absolute atomic E-state index is 13.5.